The molecule has 36 heavy (non-hydrogen) atoms. The van der Waals surface area contributed by atoms with Crippen LogP contribution in [0, 0.1) is 5.82 Å². The number of thioether (sulfide) groups is 1. The zero-order valence-electron chi connectivity index (χ0n) is 20.6. The maximum absolute atomic E-state index is 15.3. The Bertz CT molecular complexity index is 1200. The minimum absolute atomic E-state index is 0.0420. The molecule has 2 aromatic rings. The van der Waals surface area contributed by atoms with Gasteiger partial charge in [0.15, 0.2) is 0 Å². The predicted molar refractivity (Wildman–Crippen MR) is 140 cm³/mol. The van der Waals surface area contributed by atoms with Crippen LogP contribution in [0.3, 0.4) is 0 Å². The average Bonchev–Trinajstić information content (AvgIpc) is 3.25. The SMILES string of the molecule is CCC1COC(c2cc3c(cc2F)SC[C@H](N(C(=O)O)C(C)(C)C)C(=O)N3Cc2ccc(Cl)cc2)=N1. The van der Waals surface area contributed by atoms with E-state index < -0.39 is 23.5 Å². The van der Waals surface area contributed by atoms with Crippen LogP contribution >= 0.6 is 23.4 Å². The average molecular weight is 534 g/mol. The molecule has 2 aliphatic rings. The van der Waals surface area contributed by atoms with Crippen molar-refractivity contribution in [2.24, 2.45) is 4.99 Å². The van der Waals surface area contributed by atoms with Crippen LogP contribution < -0.4 is 4.90 Å². The zero-order chi connectivity index (χ0) is 26.2. The van der Waals surface area contributed by atoms with Crippen molar-refractivity contribution >= 4 is 46.9 Å². The van der Waals surface area contributed by atoms with E-state index in [1.54, 1.807) is 39.0 Å². The third-order valence-corrected chi connectivity index (χ3v) is 7.57. The number of anilines is 1. The van der Waals surface area contributed by atoms with Gasteiger partial charge in [0, 0.05) is 21.2 Å². The number of ether oxygens (including phenoxy) is 1. The van der Waals surface area contributed by atoms with E-state index in [2.05, 4.69) is 4.99 Å². The molecule has 192 valence electrons. The van der Waals surface area contributed by atoms with Gasteiger partial charge in [-0.25, -0.2) is 14.2 Å². The highest BCUT2D eigenvalue weighted by Crippen LogP contribution is 2.40. The van der Waals surface area contributed by atoms with E-state index in [0.717, 1.165) is 12.0 Å². The molecule has 2 heterocycles. The van der Waals surface area contributed by atoms with Gasteiger partial charge in [0.25, 0.3) is 5.91 Å². The molecule has 0 spiro atoms. The van der Waals surface area contributed by atoms with Crippen LogP contribution in [0.4, 0.5) is 14.9 Å². The monoisotopic (exact) mass is 533 g/mol. The summed E-state index contributed by atoms with van der Waals surface area (Å²) in [7, 11) is 0. The van der Waals surface area contributed by atoms with Gasteiger partial charge >= 0.3 is 6.09 Å². The Morgan fingerprint density at radius 2 is 2.00 bits per heavy atom. The summed E-state index contributed by atoms with van der Waals surface area (Å²) in [6.45, 7) is 7.77. The molecular weight excluding hydrogens is 505 g/mol. The lowest BCUT2D eigenvalue weighted by Crippen LogP contribution is -2.58. The quantitative estimate of drug-likeness (QED) is 0.523. The molecule has 2 aliphatic heterocycles. The third kappa shape index (κ3) is 5.32. The van der Waals surface area contributed by atoms with Gasteiger partial charge in [-0.05, 0) is 57.0 Å². The van der Waals surface area contributed by atoms with Gasteiger partial charge in [-0.3, -0.25) is 9.69 Å². The summed E-state index contributed by atoms with van der Waals surface area (Å²) < 4.78 is 20.9. The first-order chi connectivity index (χ1) is 17.0. The molecule has 0 saturated carbocycles. The summed E-state index contributed by atoms with van der Waals surface area (Å²) in [6.07, 6.45) is -0.419. The number of hydrogen-bond donors (Lipinski definition) is 1. The van der Waals surface area contributed by atoms with Gasteiger partial charge in [-0.1, -0.05) is 30.7 Å². The zero-order valence-corrected chi connectivity index (χ0v) is 22.2. The first-order valence-corrected chi connectivity index (χ1v) is 13.1. The largest absolute Gasteiger partial charge is 0.475 e. The maximum Gasteiger partial charge on any atom is 0.408 e. The van der Waals surface area contributed by atoms with E-state index in [0.29, 0.717) is 22.2 Å². The summed E-state index contributed by atoms with van der Waals surface area (Å²) in [5.74, 6) is -0.513. The van der Waals surface area contributed by atoms with Gasteiger partial charge < -0.3 is 14.7 Å². The molecule has 7 nitrogen and oxygen atoms in total. The Morgan fingerprint density at radius 3 is 2.58 bits per heavy atom. The number of carboxylic acid groups (broad SMARTS) is 1. The second kappa shape index (κ2) is 10.3. The molecule has 10 heteroatoms. The topological polar surface area (TPSA) is 82.4 Å². The number of nitrogens with zero attached hydrogens (tertiary/aromatic N) is 3. The molecule has 0 bridgehead atoms. The van der Waals surface area contributed by atoms with Crippen molar-refractivity contribution in [2.75, 3.05) is 17.3 Å². The number of halogens is 2. The lowest BCUT2D eigenvalue weighted by atomic mass is 10.0. The molecule has 0 fully saturated rings. The number of fused-ring (bicyclic) bond motifs is 1. The molecule has 0 radical (unpaired) electrons. The number of benzene rings is 2. The Labute approximate surface area is 219 Å². The summed E-state index contributed by atoms with van der Waals surface area (Å²) >= 11 is 7.31. The molecule has 1 N–H and O–H groups in total. The Kier molecular flexibility index (Phi) is 7.52. The van der Waals surface area contributed by atoms with E-state index >= 15 is 4.39 Å². The normalized spacial score (nSPS) is 19.9. The van der Waals surface area contributed by atoms with Gasteiger partial charge in [0.1, 0.15) is 18.5 Å². The van der Waals surface area contributed by atoms with Gasteiger partial charge in [0.05, 0.1) is 23.8 Å². The van der Waals surface area contributed by atoms with E-state index in [1.165, 1.54) is 27.6 Å². The lowest BCUT2D eigenvalue weighted by Gasteiger charge is -2.39. The third-order valence-electron chi connectivity index (χ3n) is 6.20. The van der Waals surface area contributed by atoms with Crippen LogP contribution in [0.25, 0.3) is 0 Å². The number of carbonyl (C=O) groups is 2. The van der Waals surface area contributed by atoms with Crippen molar-refractivity contribution < 1.29 is 23.8 Å². The molecular formula is C26H29ClFN3O4S. The smallest absolute Gasteiger partial charge is 0.408 e. The van der Waals surface area contributed by atoms with Gasteiger partial charge in [-0.2, -0.15) is 0 Å². The highest BCUT2D eigenvalue weighted by molar-refractivity contribution is 7.99. The first-order valence-electron chi connectivity index (χ1n) is 11.7. The van der Waals surface area contributed by atoms with Crippen molar-refractivity contribution in [2.45, 2.75) is 63.2 Å². The molecule has 0 aromatic heterocycles. The fraction of sp³-hybridized carbons (Fsp3) is 0.423. The summed E-state index contributed by atoms with van der Waals surface area (Å²) in [4.78, 5) is 34.0. The van der Waals surface area contributed by atoms with Gasteiger partial charge in [0.2, 0.25) is 5.90 Å². The van der Waals surface area contributed by atoms with Crippen LogP contribution in [0.5, 0.6) is 0 Å². The lowest BCUT2D eigenvalue weighted by molar-refractivity contribution is -0.124. The van der Waals surface area contributed by atoms with Crippen LogP contribution in [-0.4, -0.2) is 57.9 Å². The number of amides is 2. The van der Waals surface area contributed by atoms with Crippen molar-refractivity contribution in [1.82, 2.24) is 4.90 Å². The molecule has 2 amide bonds. The predicted octanol–water partition coefficient (Wildman–Crippen LogP) is 5.82. The Morgan fingerprint density at radius 1 is 1.31 bits per heavy atom. The summed E-state index contributed by atoms with van der Waals surface area (Å²) in [5, 5.41) is 10.6. The van der Waals surface area contributed by atoms with Crippen molar-refractivity contribution in [3.63, 3.8) is 0 Å². The van der Waals surface area contributed by atoms with Crippen LogP contribution in [-0.2, 0) is 16.1 Å². The van der Waals surface area contributed by atoms with Crippen LogP contribution in [0.1, 0.15) is 45.2 Å². The molecule has 4 rings (SSSR count). The van der Waals surface area contributed by atoms with Crippen molar-refractivity contribution in [1.29, 1.82) is 0 Å². The molecule has 2 aromatic carbocycles. The van der Waals surface area contributed by atoms with E-state index in [9.17, 15) is 14.7 Å². The van der Waals surface area contributed by atoms with Crippen molar-refractivity contribution in [3.8, 4) is 0 Å². The van der Waals surface area contributed by atoms with Crippen molar-refractivity contribution in [3.05, 3.63) is 58.4 Å². The maximum atomic E-state index is 15.3. The van der Waals surface area contributed by atoms with E-state index in [1.807, 2.05) is 19.1 Å². The van der Waals surface area contributed by atoms with Gasteiger partial charge in [-0.15, -0.1) is 11.8 Å². The standard InChI is InChI=1S/C26H29ClFN3O4S/c1-5-17-13-35-23(29-17)18-10-20-22(11-19(18)28)36-14-21(31(25(33)34)26(2,3)4)24(32)30(20)12-15-6-8-16(27)9-7-15/h6-11,17,21H,5,12-14H2,1-4H3,(H,33,34)/t17?,21-/m0/s1. The number of carbonyl (C=O) groups excluding carboxylic acids is 1. The second-order valence-corrected chi connectivity index (χ2v) is 11.3. The van der Waals surface area contributed by atoms with E-state index in [-0.39, 0.29) is 35.7 Å². The molecule has 0 saturated heterocycles. The first kappa shape index (κ1) is 26.3. The van der Waals surface area contributed by atoms with E-state index in [4.69, 9.17) is 16.3 Å². The summed E-state index contributed by atoms with van der Waals surface area (Å²) in [6, 6.07) is 9.03. The molecule has 2 atom stereocenters. The highest BCUT2D eigenvalue weighted by Gasteiger charge is 2.42. The fourth-order valence-corrected chi connectivity index (χ4v) is 5.61. The molecule has 1 unspecified atom stereocenters. The summed E-state index contributed by atoms with van der Waals surface area (Å²) in [5.41, 5.74) is 0.647. The number of hydrogen-bond acceptors (Lipinski definition) is 5. The van der Waals surface area contributed by atoms with Crippen LogP contribution in [0.15, 0.2) is 46.3 Å². The minimum atomic E-state index is -1.19. The Hall–Kier alpha value is -2.78. The Balaban J connectivity index is 1.82. The number of rotatable bonds is 5. The highest BCUT2D eigenvalue weighted by atomic mass is 35.5. The molecule has 0 aliphatic carbocycles. The van der Waals surface area contributed by atoms with Crippen LogP contribution in [0.2, 0.25) is 5.02 Å². The fourth-order valence-electron chi connectivity index (χ4n) is 4.35. The number of aliphatic imine (C=N–C) groups is 1. The minimum Gasteiger partial charge on any atom is -0.475 e. The second-order valence-electron chi connectivity index (χ2n) is 9.81.